The van der Waals surface area contributed by atoms with Crippen molar-refractivity contribution in [3.8, 4) is 22.1 Å². The molecule has 0 spiro atoms. The normalized spacial score (nSPS) is 12.5. The van der Waals surface area contributed by atoms with Crippen LogP contribution in [-0.4, -0.2) is 16.8 Å². The van der Waals surface area contributed by atoms with Gasteiger partial charge in [-0.15, -0.1) is 11.3 Å². The molecule has 0 aliphatic carbocycles. The van der Waals surface area contributed by atoms with E-state index in [2.05, 4.69) is 15.3 Å². The first-order valence-corrected chi connectivity index (χ1v) is 8.57. The molecule has 122 valence electrons. The molecule has 1 N–H and O–H groups in total. The van der Waals surface area contributed by atoms with Crippen molar-refractivity contribution in [3.63, 3.8) is 0 Å². The SMILES string of the molecule is Cc1cccc(-c2cnc(CNCc3ccc4c(c3)OCO4)s2)n1. The number of pyridine rings is 1. The maximum atomic E-state index is 5.40. The molecule has 3 aromatic rings. The standard InChI is InChI=1S/C18H17N3O2S/c1-12-3-2-4-14(21-12)17-9-20-18(24-17)10-19-8-13-5-6-15-16(7-13)23-11-22-15/h2-7,9,19H,8,10-11H2,1H3. The molecule has 0 fully saturated rings. The zero-order valence-corrected chi connectivity index (χ0v) is 14.1. The fraction of sp³-hybridized carbons (Fsp3) is 0.222. The topological polar surface area (TPSA) is 56.3 Å². The van der Waals surface area contributed by atoms with Gasteiger partial charge in [-0.25, -0.2) is 4.98 Å². The average Bonchev–Trinajstić information content (AvgIpc) is 3.23. The van der Waals surface area contributed by atoms with E-state index in [1.54, 1.807) is 11.3 Å². The Morgan fingerprint density at radius 1 is 1.12 bits per heavy atom. The second kappa shape index (κ2) is 6.59. The fourth-order valence-electron chi connectivity index (χ4n) is 2.56. The van der Waals surface area contributed by atoms with Crippen LogP contribution < -0.4 is 14.8 Å². The largest absolute Gasteiger partial charge is 0.454 e. The quantitative estimate of drug-likeness (QED) is 0.771. The molecule has 1 aliphatic rings. The smallest absolute Gasteiger partial charge is 0.231 e. The molecular weight excluding hydrogens is 322 g/mol. The summed E-state index contributed by atoms with van der Waals surface area (Å²) < 4.78 is 10.7. The molecule has 0 amide bonds. The molecule has 1 aromatic carbocycles. The van der Waals surface area contributed by atoms with Gasteiger partial charge in [-0.05, 0) is 36.8 Å². The zero-order chi connectivity index (χ0) is 16.4. The predicted molar refractivity (Wildman–Crippen MR) is 93.2 cm³/mol. The maximum absolute atomic E-state index is 5.40. The van der Waals surface area contributed by atoms with E-state index in [9.17, 15) is 0 Å². The number of hydrogen-bond acceptors (Lipinski definition) is 6. The summed E-state index contributed by atoms with van der Waals surface area (Å²) >= 11 is 1.67. The first-order valence-electron chi connectivity index (χ1n) is 7.76. The summed E-state index contributed by atoms with van der Waals surface area (Å²) in [6, 6.07) is 12.0. The van der Waals surface area contributed by atoms with Crippen LogP contribution in [-0.2, 0) is 13.1 Å². The van der Waals surface area contributed by atoms with Gasteiger partial charge in [0.2, 0.25) is 6.79 Å². The van der Waals surface area contributed by atoms with Gasteiger partial charge in [0.25, 0.3) is 0 Å². The molecule has 2 aromatic heterocycles. The molecule has 0 bridgehead atoms. The van der Waals surface area contributed by atoms with E-state index in [4.69, 9.17) is 9.47 Å². The molecule has 1 aliphatic heterocycles. The van der Waals surface area contributed by atoms with Crippen LogP contribution in [0.2, 0.25) is 0 Å². The van der Waals surface area contributed by atoms with Gasteiger partial charge < -0.3 is 14.8 Å². The summed E-state index contributed by atoms with van der Waals surface area (Å²) in [5, 5.41) is 4.47. The molecule has 0 atom stereocenters. The monoisotopic (exact) mass is 339 g/mol. The minimum absolute atomic E-state index is 0.307. The Bertz CT molecular complexity index is 863. The third-order valence-electron chi connectivity index (χ3n) is 3.74. The molecular formula is C18H17N3O2S. The molecule has 24 heavy (non-hydrogen) atoms. The van der Waals surface area contributed by atoms with Crippen LogP contribution in [0.5, 0.6) is 11.5 Å². The minimum Gasteiger partial charge on any atom is -0.454 e. The number of thiazole rings is 1. The number of rotatable bonds is 5. The summed E-state index contributed by atoms with van der Waals surface area (Å²) in [5.41, 5.74) is 3.16. The van der Waals surface area contributed by atoms with Crippen LogP contribution in [0.1, 0.15) is 16.3 Å². The van der Waals surface area contributed by atoms with Gasteiger partial charge >= 0.3 is 0 Å². The molecule has 0 saturated carbocycles. The van der Waals surface area contributed by atoms with E-state index in [1.165, 1.54) is 0 Å². The Labute approximate surface area is 144 Å². The van der Waals surface area contributed by atoms with Gasteiger partial charge in [-0.1, -0.05) is 12.1 Å². The number of benzene rings is 1. The van der Waals surface area contributed by atoms with Gasteiger partial charge in [-0.3, -0.25) is 4.98 Å². The number of aromatic nitrogens is 2. The summed E-state index contributed by atoms with van der Waals surface area (Å²) in [6.07, 6.45) is 1.89. The maximum Gasteiger partial charge on any atom is 0.231 e. The number of fused-ring (bicyclic) bond motifs is 1. The molecule has 5 nitrogen and oxygen atoms in total. The van der Waals surface area contributed by atoms with Gasteiger partial charge in [0, 0.05) is 25.0 Å². The second-order valence-corrected chi connectivity index (χ2v) is 6.69. The fourth-order valence-corrected chi connectivity index (χ4v) is 3.41. The lowest BCUT2D eigenvalue weighted by molar-refractivity contribution is 0.174. The Hall–Kier alpha value is -2.44. The van der Waals surface area contributed by atoms with E-state index in [-0.39, 0.29) is 0 Å². The average molecular weight is 339 g/mol. The zero-order valence-electron chi connectivity index (χ0n) is 13.3. The Kier molecular flexibility index (Phi) is 4.15. The highest BCUT2D eigenvalue weighted by Gasteiger charge is 2.13. The van der Waals surface area contributed by atoms with Gasteiger partial charge in [0.15, 0.2) is 11.5 Å². The number of ether oxygens (including phenoxy) is 2. The van der Waals surface area contributed by atoms with Crippen molar-refractivity contribution in [2.75, 3.05) is 6.79 Å². The van der Waals surface area contributed by atoms with Crippen molar-refractivity contribution in [2.24, 2.45) is 0 Å². The van der Waals surface area contributed by atoms with Crippen LogP contribution in [0.4, 0.5) is 0 Å². The summed E-state index contributed by atoms with van der Waals surface area (Å²) in [5.74, 6) is 1.63. The molecule has 6 heteroatoms. The molecule has 0 unspecified atom stereocenters. The number of nitrogens with one attached hydrogen (secondary N) is 1. The van der Waals surface area contributed by atoms with Crippen LogP contribution in [0.25, 0.3) is 10.6 Å². The highest BCUT2D eigenvalue weighted by atomic mass is 32.1. The molecule has 4 rings (SSSR count). The van der Waals surface area contributed by atoms with Crippen LogP contribution in [0, 0.1) is 6.92 Å². The Balaban J connectivity index is 1.37. The Morgan fingerprint density at radius 2 is 2.04 bits per heavy atom. The third kappa shape index (κ3) is 3.25. The van der Waals surface area contributed by atoms with E-state index in [0.717, 1.165) is 51.4 Å². The summed E-state index contributed by atoms with van der Waals surface area (Å²) in [7, 11) is 0. The summed E-state index contributed by atoms with van der Waals surface area (Å²) in [6.45, 7) is 3.79. The van der Waals surface area contributed by atoms with Crippen LogP contribution in [0.15, 0.2) is 42.6 Å². The first-order chi connectivity index (χ1) is 11.8. The lowest BCUT2D eigenvalue weighted by Gasteiger charge is -2.04. The van der Waals surface area contributed by atoms with Crippen LogP contribution in [0.3, 0.4) is 0 Å². The molecule has 0 saturated heterocycles. The van der Waals surface area contributed by atoms with Crippen molar-refractivity contribution in [2.45, 2.75) is 20.0 Å². The van der Waals surface area contributed by atoms with E-state index in [0.29, 0.717) is 6.79 Å². The minimum atomic E-state index is 0.307. The van der Waals surface area contributed by atoms with Gasteiger partial charge in [-0.2, -0.15) is 0 Å². The predicted octanol–water partition coefficient (Wildman–Crippen LogP) is 3.53. The van der Waals surface area contributed by atoms with Gasteiger partial charge in [0.1, 0.15) is 5.01 Å². The van der Waals surface area contributed by atoms with Crippen molar-refractivity contribution < 1.29 is 9.47 Å². The van der Waals surface area contributed by atoms with Crippen molar-refractivity contribution in [3.05, 3.63) is 58.9 Å². The number of nitrogens with zero attached hydrogens (tertiary/aromatic N) is 2. The summed E-state index contributed by atoms with van der Waals surface area (Å²) in [4.78, 5) is 10.1. The third-order valence-corrected chi connectivity index (χ3v) is 4.76. The molecule has 0 radical (unpaired) electrons. The number of aryl methyl sites for hydroxylation is 1. The Morgan fingerprint density at radius 3 is 2.96 bits per heavy atom. The first kappa shape index (κ1) is 15.1. The lowest BCUT2D eigenvalue weighted by atomic mass is 10.2. The van der Waals surface area contributed by atoms with E-state index in [1.807, 2.05) is 49.5 Å². The lowest BCUT2D eigenvalue weighted by Crippen LogP contribution is -2.12. The number of hydrogen-bond donors (Lipinski definition) is 1. The molecule has 3 heterocycles. The second-order valence-electron chi connectivity index (χ2n) is 5.57. The van der Waals surface area contributed by atoms with E-state index >= 15 is 0 Å². The highest BCUT2D eigenvalue weighted by molar-refractivity contribution is 7.15. The van der Waals surface area contributed by atoms with Crippen LogP contribution >= 0.6 is 11.3 Å². The van der Waals surface area contributed by atoms with Gasteiger partial charge in [0.05, 0.1) is 10.6 Å². The van der Waals surface area contributed by atoms with Crippen molar-refractivity contribution in [1.82, 2.24) is 15.3 Å². The van der Waals surface area contributed by atoms with Crippen molar-refractivity contribution >= 4 is 11.3 Å². The van der Waals surface area contributed by atoms with E-state index < -0.39 is 0 Å². The highest BCUT2D eigenvalue weighted by Crippen LogP contribution is 2.32. The van der Waals surface area contributed by atoms with Crippen molar-refractivity contribution in [1.29, 1.82) is 0 Å².